The summed E-state index contributed by atoms with van der Waals surface area (Å²) in [5, 5.41) is 4.73. The number of carbonyl (C=O) groups excluding carboxylic acids is 1. The SMILES string of the molecule is Cc1cc(C)n2nc(S[C@H]3CCOC3=O)nc2n1. The van der Waals surface area contributed by atoms with Gasteiger partial charge < -0.3 is 4.74 Å². The molecule has 1 fully saturated rings. The predicted octanol–water partition coefficient (Wildman–Crippen LogP) is 1.15. The normalized spacial score (nSPS) is 19.4. The quantitative estimate of drug-likeness (QED) is 0.758. The van der Waals surface area contributed by atoms with Crippen molar-refractivity contribution in [2.75, 3.05) is 6.61 Å². The molecule has 1 saturated heterocycles. The number of esters is 1. The molecule has 18 heavy (non-hydrogen) atoms. The molecule has 3 heterocycles. The number of cyclic esters (lactones) is 1. The molecule has 2 aromatic heterocycles. The van der Waals surface area contributed by atoms with Crippen LogP contribution in [0.5, 0.6) is 0 Å². The predicted molar refractivity (Wildman–Crippen MR) is 65.5 cm³/mol. The van der Waals surface area contributed by atoms with Crippen molar-refractivity contribution < 1.29 is 9.53 Å². The second kappa shape index (κ2) is 4.24. The maximum absolute atomic E-state index is 11.4. The number of nitrogens with zero attached hydrogens (tertiary/aromatic N) is 4. The Morgan fingerprint density at radius 2 is 2.28 bits per heavy atom. The smallest absolute Gasteiger partial charge is 0.319 e. The van der Waals surface area contributed by atoms with Crippen molar-refractivity contribution in [2.45, 2.75) is 30.7 Å². The summed E-state index contributed by atoms with van der Waals surface area (Å²) in [5.74, 6) is 0.390. The van der Waals surface area contributed by atoms with E-state index in [0.717, 1.165) is 11.4 Å². The highest BCUT2D eigenvalue weighted by molar-refractivity contribution is 8.00. The zero-order valence-electron chi connectivity index (χ0n) is 10.1. The van der Waals surface area contributed by atoms with Gasteiger partial charge in [-0.25, -0.2) is 9.50 Å². The molecule has 7 heteroatoms. The van der Waals surface area contributed by atoms with Crippen LogP contribution >= 0.6 is 11.8 Å². The first-order valence-corrected chi connectivity index (χ1v) is 6.56. The molecule has 3 rings (SSSR count). The Morgan fingerprint density at radius 3 is 3.00 bits per heavy atom. The second-order valence-corrected chi connectivity index (χ2v) is 5.38. The summed E-state index contributed by atoms with van der Waals surface area (Å²) in [6.45, 7) is 4.36. The van der Waals surface area contributed by atoms with Gasteiger partial charge in [0.1, 0.15) is 5.25 Å². The summed E-state index contributed by atoms with van der Waals surface area (Å²) < 4.78 is 6.61. The van der Waals surface area contributed by atoms with E-state index in [-0.39, 0.29) is 11.2 Å². The summed E-state index contributed by atoms with van der Waals surface area (Å²) in [4.78, 5) is 20.0. The van der Waals surface area contributed by atoms with Crippen LogP contribution in [-0.2, 0) is 9.53 Å². The van der Waals surface area contributed by atoms with E-state index in [4.69, 9.17) is 4.74 Å². The van der Waals surface area contributed by atoms with Crippen molar-refractivity contribution in [1.82, 2.24) is 19.6 Å². The van der Waals surface area contributed by atoms with E-state index in [9.17, 15) is 4.79 Å². The number of rotatable bonds is 2. The maximum Gasteiger partial charge on any atom is 0.319 e. The molecule has 0 saturated carbocycles. The van der Waals surface area contributed by atoms with E-state index >= 15 is 0 Å². The summed E-state index contributed by atoms with van der Waals surface area (Å²) in [6.07, 6.45) is 0.713. The van der Waals surface area contributed by atoms with Gasteiger partial charge in [-0.1, -0.05) is 11.8 Å². The van der Waals surface area contributed by atoms with Gasteiger partial charge in [0.2, 0.25) is 5.16 Å². The molecule has 2 aromatic rings. The van der Waals surface area contributed by atoms with Crippen molar-refractivity contribution in [2.24, 2.45) is 0 Å². The van der Waals surface area contributed by atoms with E-state index in [0.29, 0.717) is 24.0 Å². The third kappa shape index (κ3) is 1.94. The maximum atomic E-state index is 11.4. The largest absolute Gasteiger partial charge is 0.465 e. The lowest BCUT2D eigenvalue weighted by Crippen LogP contribution is -2.09. The first-order chi connectivity index (χ1) is 8.63. The standard InChI is InChI=1S/C11H12N4O2S/c1-6-5-7(2)15-10(12-6)13-11(14-15)18-8-3-4-17-9(8)16/h5,8H,3-4H2,1-2H3/t8-/m0/s1. The van der Waals surface area contributed by atoms with Gasteiger partial charge in [-0.15, -0.1) is 5.10 Å². The summed E-state index contributed by atoms with van der Waals surface area (Å²) in [5.41, 5.74) is 1.88. The van der Waals surface area contributed by atoms with Crippen LogP contribution in [0.2, 0.25) is 0 Å². The molecule has 6 nitrogen and oxygen atoms in total. The number of thioether (sulfide) groups is 1. The van der Waals surface area contributed by atoms with Gasteiger partial charge in [0.05, 0.1) is 6.61 Å². The third-order valence-corrected chi connectivity index (χ3v) is 3.83. The number of hydrogen-bond donors (Lipinski definition) is 0. The molecule has 1 aliphatic heterocycles. The molecule has 0 aliphatic carbocycles. The molecule has 0 radical (unpaired) electrons. The summed E-state index contributed by atoms with van der Waals surface area (Å²) >= 11 is 1.34. The van der Waals surface area contributed by atoms with Gasteiger partial charge in [-0.2, -0.15) is 4.98 Å². The number of aryl methyl sites for hydroxylation is 2. The van der Waals surface area contributed by atoms with E-state index in [2.05, 4.69) is 15.1 Å². The molecule has 0 bridgehead atoms. The highest BCUT2D eigenvalue weighted by atomic mass is 32.2. The Kier molecular flexibility index (Phi) is 2.70. The van der Waals surface area contributed by atoms with Crippen molar-refractivity contribution in [3.63, 3.8) is 0 Å². The zero-order chi connectivity index (χ0) is 12.7. The van der Waals surface area contributed by atoms with Crippen LogP contribution in [0.4, 0.5) is 0 Å². The minimum absolute atomic E-state index is 0.181. The Balaban J connectivity index is 1.93. The molecule has 1 atom stereocenters. The molecule has 1 aliphatic rings. The zero-order valence-corrected chi connectivity index (χ0v) is 10.9. The first-order valence-electron chi connectivity index (χ1n) is 5.68. The van der Waals surface area contributed by atoms with Gasteiger partial charge in [-0.3, -0.25) is 4.79 Å². The van der Waals surface area contributed by atoms with E-state index in [1.165, 1.54) is 11.8 Å². The second-order valence-electron chi connectivity index (χ2n) is 4.21. The lowest BCUT2D eigenvalue weighted by molar-refractivity contribution is -0.137. The van der Waals surface area contributed by atoms with Gasteiger partial charge >= 0.3 is 5.97 Å². The van der Waals surface area contributed by atoms with Crippen LogP contribution < -0.4 is 0 Å². The van der Waals surface area contributed by atoms with Gasteiger partial charge in [-0.05, 0) is 19.9 Å². The van der Waals surface area contributed by atoms with Gasteiger partial charge in [0.15, 0.2) is 0 Å². The highest BCUT2D eigenvalue weighted by Gasteiger charge is 2.29. The molecular weight excluding hydrogens is 252 g/mol. The van der Waals surface area contributed by atoms with E-state index < -0.39 is 0 Å². The number of aromatic nitrogens is 4. The van der Waals surface area contributed by atoms with Crippen molar-refractivity contribution in [1.29, 1.82) is 0 Å². The minimum Gasteiger partial charge on any atom is -0.465 e. The lowest BCUT2D eigenvalue weighted by Gasteiger charge is -1.99. The highest BCUT2D eigenvalue weighted by Crippen LogP contribution is 2.27. The van der Waals surface area contributed by atoms with Crippen molar-refractivity contribution >= 4 is 23.5 Å². The first kappa shape index (κ1) is 11.5. The van der Waals surface area contributed by atoms with Crippen LogP contribution in [-0.4, -0.2) is 37.4 Å². The van der Waals surface area contributed by atoms with E-state index in [1.54, 1.807) is 4.52 Å². The fourth-order valence-corrected chi connectivity index (χ4v) is 2.81. The van der Waals surface area contributed by atoms with Crippen LogP contribution in [0, 0.1) is 13.8 Å². The lowest BCUT2D eigenvalue weighted by atomic mass is 10.4. The molecular formula is C11H12N4O2S. The Hall–Kier alpha value is -1.63. The van der Waals surface area contributed by atoms with Gasteiger partial charge in [0.25, 0.3) is 5.78 Å². The van der Waals surface area contributed by atoms with Gasteiger partial charge in [0, 0.05) is 17.8 Å². The fraction of sp³-hybridized carbons (Fsp3) is 0.455. The minimum atomic E-state index is -0.191. The van der Waals surface area contributed by atoms with Crippen LogP contribution in [0.3, 0.4) is 0 Å². The van der Waals surface area contributed by atoms with Crippen LogP contribution in [0.15, 0.2) is 11.2 Å². The number of ether oxygens (including phenoxy) is 1. The molecule has 0 amide bonds. The van der Waals surface area contributed by atoms with Crippen LogP contribution in [0.25, 0.3) is 5.78 Å². The average Bonchev–Trinajstić information content (AvgIpc) is 2.86. The molecule has 0 N–H and O–H groups in total. The molecule has 94 valence electrons. The summed E-state index contributed by atoms with van der Waals surface area (Å²) in [6, 6.07) is 1.94. The molecule has 0 aromatic carbocycles. The monoisotopic (exact) mass is 264 g/mol. The Morgan fingerprint density at radius 1 is 1.44 bits per heavy atom. The summed E-state index contributed by atoms with van der Waals surface area (Å²) in [7, 11) is 0. The number of hydrogen-bond acceptors (Lipinski definition) is 6. The fourth-order valence-electron chi connectivity index (χ4n) is 1.91. The Labute approximate surface area is 108 Å². The third-order valence-electron chi connectivity index (χ3n) is 2.73. The van der Waals surface area contributed by atoms with Crippen molar-refractivity contribution in [3.8, 4) is 0 Å². The van der Waals surface area contributed by atoms with Crippen LogP contribution in [0.1, 0.15) is 17.8 Å². The van der Waals surface area contributed by atoms with E-state index in [1.807, 2.05) is 19.9 Å². The van der Waals surface area contributed by atoms with Crippen molar-refractivity contribution in [3.05, 3.63) is 17.5 Å². The Bertz CT molecular complexity index is 625. The number of fused-ring (bicyclic) bond motifs is 1. The number of carbonyl (C=O) groups is 1. The molecule has 0 spiro atoms. The molecule has 0 unspecified atom stereocenters. The average molecular weight is 264 g/mol. The topological polar surface area (TPSA) is 69.4 Å².